The van der Waals surface area contributed by atoms with Crippen LogP contribution in [0, 0.1) is 0 Å². The third kappa shape index (κ3) is 5.29. The molecule has 2 N–H and O–H groups in total. The molecule has 0 unspecified atom stereocenters. The van der Waals surface area contributed by atoms with Crippen LogP contribution in [-0.4, -0.2) is 38.1 Å². The first kappa shape index (κ1) is 22.3. The molecule has 6 heteroatoms. The Kier molecular flexibility index (Phi) is 7.08. The monoisotopic (exact) mass is 450 g/mol. The van der Waals surface area contributed by atoms with Crippen LogP contribution in [0.2, 0.25) is 5.02 Å². The van der Waals surface area contributed by atoms with E-state index in [0.29, 0.717) is 24.8 Å². The van der Waals surface area contributed by atoms with Gasteiger partial charge in [0.05, 0.1) is 13.0 Å². The Morgan fingerprint density at radius 2 is 1.59 bits per heavy atom. The standard InChI is InChI=1S/C26H27ClN2O3/c27-22-10-8-21(9-11-22)26(12-14-32-15-13-26)18-29-25(31)17-28-24(30)16-20-6-3-5-19-4-1-2-7-23(19)20/h1-11H,12-18H2,(H,28,30)(H,29,31). The van der Waals surface area contributed by atoms with Crippen LogP contribution < -0.4 is 10.6 Å². The lowest BCUT2D eigenvalue weighted by atomic mass is 9.74. The Bertz CT molecular complexity index is 1090. The number of rotatable bonds is 7. The minimum atomic E-state index is -0.198. The van der Waals surface area contributed by atoms with Crippen LogP contribution in [0.5, 0.6) is 0 Å². The van der Waals surface area contributed by atoms with Gasteiger partial charge in [0.2, 0.25) is 11.8 Å². The fraction of sp³-hybridized carbons (Fsp3) is 0.308. The summed E-state index contributed by atoms with van der Waals surface area (Å²) in [4.78, 5) is 25.0. The molecule has 5 nitrogen and oxygen atoms in total. The molecule has 0 aliphatic carbocycles. The summed E-state index contributed by atoms with van der Waals surface area (Å²) in [6, 6.07) is 21.7. The number of hydrogen-bond donors (Lipinski definition) is 2. The number of ether oxygens (including phenoxy) is 1. The number of benzene rings is 3. The molecule has 166 valence electrons. The summed E-state index contributed by atoms with van der Waals surface area (Å²) in [6.45, 7) is 1.76. The van der Waals surface area contributed by atoms with Crippen LogP contribution in [0.3, 0.4) is 0 Å². The van der Waals surface area contributed by atoms with E-state index in [0.717, 1.165) is 34.7 Å². The highest BCUT2D eigenvalue weighted by molar-refractivity contribution is 6.30. The molecule has 2 amide bonds. The highest BCUT2D eigenvalue weighted by atomic mass is 35.5. The third-order valence-electron chi connectivity index (χ3n) is 6.21. The first-order valence-electron chi connectivity index (χ1n) is 10.9. The van der Waals surface area contributed by atoms with E-state index in [1.165, 1.54) is 0 Å². The molecule has 0 atom stereocenters. The zero-order valence-electron chi connectivity index (χ0n) is 17.9. The number of fused-ring (bicyclic) bond motifs is 1. The molecule has 1 saturated heterocycles. The van der Waals surface area contributed by atoms with Crippen LogP contribution in [0.25, 0.3) is 10.8 Å². The molecule has 4 rings (SSSR count). The molecule has 0 saturated carbocycles. The minimum Gasteiger partial charge on any atom is -0.381 e. The van der Waals surface area contributed by atoms with Crippen molar-refractivity contribution in [1.82, 2.24) is 10.6 Å². The summed E-state index contributed by atoms with van der Waals surface area (Å²) in [6.07, 6.45) is 1.88. The first-order chi connectivity index (χ1) is 15.6. The van der Waals surface area contributed by atoms with Gasteiger partial charge in [-0.05, 0) is 46.9 Å². The summed E-state index contributed by atoms with van der Waals surface area (Å²) in [5.41, 5.74) is 1.90. The van der Waals surface area contributed by atoms with E-state index >= 15 is 0 Å². The Morgan fingerprint density at radius 1 is 0.875 bits per heavy atom. The van der Waals surface area contributed by atoms with Crippen molar-refractivity contribution in [3.8, 4) is 0 Å². The van der Waals surface area contributed by atoms with E-state index in [-0.39, 0.29) is 30.2 Å². The second kappa shape index (κ2) is 10.2. The van der Waals surface area contributed by atoms with Crippen molar-refractivity contribution in [3.05, 3.63) is 82.9 Å². The number of carbonyl (C=O) groups is 2. The van der Waals surface area contributed by atoms with Gasteiger partial charge in [-0.1, -0.05) is 66.2 Å². The number of amides is 2. The summed E-state index contributed by atoms with van der Waals surface area (Å²) >= 11 is 6.05. The van der Waals surface area contributed by atoms with E-state index in [4.69, 9.17) is 16.3 Å². The van der Waals surface area contributed by atoms with Crippen LogP contribution in [0.1, 0.15) is 24.0 Å². The molecule has 1 heterocycles. The zero-order chi connectivity index (χ0) is 22.4. The first-order valence-corrected chi connectivity index (χ1v) is 11.3. The van der Waals surface area contributed by atoms with Gasteiger partial charge >= 0.3 is 0 Å². The Morgan fingerprint density at radius 3 is 2.38 bits per heavy atom. The molecule has 0 spiro atoms. The maximum atomic E-state index is 12.5. The normalized spacial score (nSPS) is 15.3. The lowest BCUT2D eigenvalue weighted by molar-refractivity contribution is -0.126. The summed E-state index contributed by atoms with van der Waals surface area (Å²) in [5.74, 6) is -0.369. The molecule has 1 aliphatic heterocycles. The predicted molar refractivity (Wildman–Crippen MR) is 127 cm³/mol. The van der Waals surface area contributed by atoms with Crippen LogP contribution >= 0.6 is 11.6 Å². The van der Waals surface area contributed by atoms with Crippen LogP contribution in [-0.2, 0) is 26.2 Å². The Hall–Kier alpha value is -2.89. The van der Waals surface area contributed by atoms with Crippen molar-refractivity contribution in [1.29, 1.82) is 0 Å². The van der Waals surface area contributed by atoms with Crippen LogP contribution in [0.15, 0.2) is 66.7 Å². The zero-order valence-corrected chi connectivity index (χ0v) is 18.7. The average Bonchev–Trinajstić information content (AvgIpc) is 2.83. The average molecular weight is 451 g/mol. The molecule has 3 aromatic rings. The number of hydrogen-bond acceptors (Lipinski definition) is 3. The lowest BCUT2D eigenvalue weighted by Crippen LogP contribution is -2.47. The van der Waals surface area contributed by atoms with Crippen molar-refractivity contribution in [2.75, 3.05) is 26.3 Å². The Labute approximate surface area is 193 Å². The molecule has 0 radical (unpaired) electrons. The summed E-state index contributed by atoms with van der Waals surface area (Å²) < 4.78 is 5.55. The molecular weight excluding hydrogens is 424 g/mol. The second-order valence-electron chi connectivity index (χ2n) is 8.27. The van der Waals surface area contributed by atoms with Gasteiger partial charge in [0, 0.05) is 30.2 Å². The van der Waals surface area contributed by atoms with E-state index in [1.807, 2.05) is 66.7 Å². The largest absolute Gasteiger partial charge is 0.381 e. The van der Waals surface area contributed by atoms with Gasteiger partial charge in [-0.3, -0.25) is 9.59 Å². The minimum absolute atomic E-state index is 0.0448. The molecule has 3 aromatic carbocycles. The van der Waals surface area contributed by atoms with E-state index in [2.05, 4.69) is 10.6 Å². The molecule has 1 fully saturated rings. The quantitative estimate of drug-likeness (QED) is 0.571. The fourth-order valence-electron chi connectivity index (χ4n) is 4.32. The topological polar surface area (TPSA) is 67.4 Å². The number of nitrogens with one attached hydrogen (secondary N) is 2. The van der Waals surface area contributed by atoms with Gasteiger partial charge in [-0.2, -0.15) is 0 Å². The van der Waals surface area contributed by atoms with Gasteiger partial charge in [-0.15, -0.1) is 0 Å². The fourth-order valence-corrected chi connectivity index (χ4v) is 4.45. The smallest absolute Gasteiger partial charge is 0.239 e. The molecule has 0 bridgehead atoms. The summed E-state index contributed by atoms with van der Waals surface area (Å²) in [7, 11) is 0. The van der Waals surface area contributed by atoms with Gasteiger partial charge in [0.25, 0.3) is 0 Å². The van der Waals surface area contributed by atoms with Gasteiger partial charge in [-0.25, -0.2) is 0 Å². The predicted octanol–water partition coefficient (Wildman–Crippen LogP) is 4.02. The summed E-state index contributed by atoms with van der Waals surface area (Å²) in [5, 5.41) is 8.60. The van der Waals surface area contributed by atoms with Gasteiger partial charge in [0.1, 0.15) is 0 Å². The Balaban J connectivity index is 1.32. The second-order valence-corrected chi connectivity index (χ2v) is 8.70. The van der Waals surface area contributed by atoms with E-state index < -0.39 is 0 Å². The number of halogens is 1. The van der Waals surface area contributed by atoms with Crippen molar-refractivity contribution in [2.45, 2.75) is 24.7 Å². The van der Waals surface area contributed by atoms with Crippen LogP contribution in [0.4, 0.5) is 0 Å². The molecule has 0 aromatic heterocycles. The molecule has 1 aliphatic rings. The third-order valence-corrected chi connectivity index (χ3v) is 6.46. The van der Waals surface area contributed by atoms with Crippen molar-refractivity contribution >= 4 is 34.2 Å². The van der Waals surface area contributed by atoms with Crippen molar-refractivity contribution in [2.24, 2.45) is 0 Å². The highest BCUT2D eigenvalue weighted by Crippen LogP contribution is 2.34. The van der Waals surface area contributed by atoms with Gasteiger partial charge < -0.3 is 15.4 Å². The maximum Gasteiger partial charge on any atom is 0.239 e. The van der Waals surface area contributed by atoms with E-state index in [9.17, 15) is 9.59 Å². The van der Waals surface area contributed by atoms with E-state index in [1.54, 1.807) is 0 Å². The molecule has 32 heavy (non-hydrogen) atoms. The maximum absolute atomic E-state index is 12.5. The van der Waals surface area contributed by atoms with Crippen molar-refractivity contribution in [3.63, 3.8) is 0 Å². The molecular formula is C26H27ClN2O3. The SMILES string of the molecule is O=C(CNC(=O)Cc1cccc2ccccc12)NCC1(c2ccc(Cl)cc2)CCOCC1. The van der Waals surface area contributed by atoms with Crippen molar-refractivity contribution < 1.29 is 14.3 Å². The number of carbonyl (C=O) groups excluding carboxylic acids is 2. The highest BCUT2D eigenvalue weighted by Gasteiger charge is 2.34. The van der Waals surface area contributed by atoms with Gasteiger partial charge in [0.15, 0.2) is 0 Å². The lowest BCUT2D eigenvalue weighted by Gasteiger charge is -2.38.